The van der Waals surface area contributed by atoms with E-state index in [2.05, 4.69) is 15.3 Å². The van der Waals surface area contributed by atoms with E-state index >= 15 is 0 Å². The average molecular weight is 226 g/mol. The fourth-order valence-electron chi connectivity index (χ4n) is 2.01. The first-order valence-corrected chi connectivity index (χ1v) is 5.24. The van der Waals surface area contributed by atoms with Crippen molar-refractivity contribution in [2.45, 2.75) is 6.04 Å². The van der Waals surface area contributed by atoms with Crippen molar-refractivity contribution in [1.82, 2.24) is 10.3 Å². The van der Waals surface area contributed by atoms with Gasteiger partial charge in [0.15, 0.2) is 0 Å². The first kappa shape index (κ1) is 9.77. The number of pyridine rings is 1. The maximum absolute atomic E-state index is 11.2. The van der Waals surface area contributed by atoms with E-state index in [1.165, 1.54) is 0 Å². The van der Waals surface area contributed by atoms with Crippen LogP contribution in [0.25, 0.3) is 10.9 Å². The van der Waals surface area contributed by atoms with Crippen molar-refractivity contribution in [3.63, 3.8) is 0 Å². The van der Waals surface area contributed by atoms with Gasteiger partial charge < -0.3 is 11.1 Å². The van der Waals surface area contributed by atoms with Crippen LogP contribution in [0.15, 0.2) is 41.5 Å². The van der Waals surface area contributed by atoms with Gasteiger partial charge in [-0.25, -0.2) is 4.79 Å². The minimum Gasteiger partial charge on any atom is -0.385 e. The number of aliphatic imine (C=N–C) groups is 1. The molecule has 0 fully saturated rings. The number of hydrogen-bond donors (Lipinski definition) is 2. The monoisotopic (exact) mass is 226 g/mol. The molecule has 5 nitrogen and oxygen atoms in total. The number of amides is 2. The van der Waals surface area contributed by atoms with E-state index in [0.717, 1.165) is 16.5 Å². The van der Waals surface area contributed by atoms with Crippen LogP contribution in [0.3, 0.4) is 0 Å². The highest BCUT2D eigenvalue weighted by Gasteiger charge is 2.26. The summed E-state index contributed by atoms with van der Waals surface area (Å²) in [7, 11) is 0. The second-order valence-corrected chi connectivity index (χ2v) is 3.84. The number of carbonyl (C=O) groups excluding carboxylic acids is 1. The molecule has 0 saturated heterocycles. The van der Waals surface area contributed by atoms with Crippen LogP contribution < -0.4 is 11.1 Å². The van der Waals surface area contributed by atoms with E-state index in [0.29, 0.717) is 0 Å². The topological polar surface area (TPSA) is 80.4 Å². The van der Waals surface area contributed by atoms with Crippen molar-refractivity contribution in [2.24, 2.45) is 10.7 Å². The number of amidine groups is 1. The number of para-hydroxylation sites is 1. The molecule has 0 aliphatic carbocycles. The van der Waals surface area contributed by atoms with Crippen LogP contribution in [0.5, 0.6) is 0 Å². The number of aromatic nitrogens is 1. The highest BCUT2D eigenvalue weighted by Crippen LogP contribution is 2.24. The van der Waals surface area contributed by atoms with Gasteiger partial charge in [0.05, 0.1) is 5.52 Å². The molecule has 3 N–H and O–H groups in total. The molecule has 84 valence electrons. The summed E-state index contributed by atoms with van der Waals surface area (Å²) in [6.07, 6.45) is 1.72. The predicted molar refractivity (Wildman–Crippen MR) is 64.6 cm³/mol. The van der Waals surface area contributed by atoms with Gasteiger partial charge in [-0.3, -0.25) is 4.98 Å². The van der Waals surface area contributed by atoms with Crippen molar-refractivity contribution in [1.29, 1.82) is 0 Å². The number of hydrogen-bond acceptors (Lipinski definition) is 3. The molecule has 17 heavy (non-hydrogen) atoms. The van der Waals surface area contributed by atoms with Crippen LogP contribution in [0, 0.1) is 0 Å². The van der Waals surface area contributed by atoms with Gasteiger partial charge in [-0.15, -0.1) is 0 Å². The molecule has 1 aliphatic heterocycles. The molecule has 0 bridgehead atoms. The lowest BCUT2D eigenvalue weighted by molar-refractivity contribution is 0.250. The summed E-state index contributed by atoms with van der Waals surface area (Å²) >= 11 is 0. The maximum Gasteiger partial charge on any atom is 0.343 e. The molecular formula is C12H10N4O. The molecule has 1 atom stereocenters. The van der Waals surface area contributed by atoms with Gasteiger partial charge in [0.25, 0.3) is 0 Å². The smallest absolute Gasteiger partial charge is 0.343 e. The lowest BCUT2D eigenvalue weighted by atomic mass is 10.0. The summed E-state index contributed by atoms with van der Waals surface area (Å²) in [6.45, 7) is 0. The molecule has 2 heterocycles. The number of nitrogens with zero attached hydrogens (tertiary/aromatic N) is 2. The van der Waals surface area contributed by atoms with E-state index in [1.54, 1.807) is 6.20 Å². The van der Waals surface area contributed by atoms with Crippen LogP contribution in [0.4, 0.5) is 4.79 Å². The summed E-state index contributed by atoms with van der Waals surface area (Å²) in [5, 5.41) is 3.72. The van der Waals surface area contributed by atoms with Gasteiger partial charge in [0, 0.05) is 17.1 Å². The molecule has 0 spiro atoms. The molecule has 1 unspecified atom stereocenters. The third-order valence-corrected chi connectivity index (χ3v) is 2.77. The van der Waals surface area contributed by atoms with Gasteiger partial charge in [-0.1, -0.05) is 24.3 Å². The van der Waals surface area contributed by atoms with Crippen LogP contribution in [-0.2, 0) is 0 Å². The Morgan fingerprint density at radius 2 is 2.06 bits per heavy atom. The molecular weight excluding hydrogens is 216 g/mol. The van der Waals surface area contributed by atoms with Gasteiger partial charge in [-0.05, 0) is 6.07 Å². The molecule has 5 heteroatoms. The van der Waals surface area contributed by atoms with Crippen molar-refractivity contribution in [2.75, 3.05) is 0 Å². The van der Waals surface area contributed by atoms with Gasteiger partial charge in [0.1, 0.15) is 11.9 Å². The Labute approximate surface area is 97.4 Å². The second kappa shape index (κ2) is 3.55. The first-order valence-electron chi connectivity index (χ1n) is 5.24. The SMILES string of the molecule is NC1=NC(=O)NC1c1cccc2cccnc12. The minimum absolute atomic E-state index is 0.285. The van der Waals surface area contributed by atoms with E-state index in [4.69, 9.17) is 5.73 Å². The molecule has 0 saturated carbocycles. The van der Waals surface area contributed by atoms with Crippen molar-refractivity contribution >= 4 is 22.8 Å². The van der Waals surface area contributed by atoms with Crippen molar-refractivity contribution in [3.05, 3.63) is 42.1 Å². The molecule has 3 rings (SSSR count). The molecule has 1 aliphatic rings. The highest BCUT2D eigenvalue weighted by molar-refractivity contribution is 6.05. The summed E-state index contributed by atoms with van der Waals surface area (Å²) in [6, 6.07) is 8.84. The van der Waals surface area contributed by atoms with Gasteiger partial charge in [-0.2, -0.15) is 4.99 Å². The lowest BCUT2D eigenvalue weighted by Crippen LogP contribution is -2.28. The number of carbonyl (C=O) groups is 1. The van der Waals surface area contributed by atoms with Gasteiger partial charge >= 0.3 is 6.03 Å². The standard InChI is InChI=1S/C12H10N4O/c13-11-10(15-12(17)16-11)8-5-1-3-7-4-2-6-14-9(7)8/h1-6,10H,(H3,13,15,16,17). The summed E-state index contributed by atoms with van der Waals surface area (Å²) in [5.74, 6) is 0.285. The fraction of sp³-hybridized carbons (Fsp3) is 0.0833. The fourth-order valence-corrected chi connectivity index (χ4v) is 2.01. The molecule has 1 aromatic carbocycles. The third-order valence-electron chi connectivity index (χ3n) is 2.77. The molecule has 2 aromatic rings. The second-order valence-electron chi connectivity index (χ2n) is 3.84. The van der Waals surface area contributed by atoms with Crippen molar-refractivity contribution in [3.8, 4) is 0 Å². The number of benzene rings is 1. The van der Waals surface area contributed by atoms with E-state index < -0.39 is 6.03 Å². The number of nitrogens with two attached hydrogens (primary N) is 1. The maximum atomic E-state index is 11.2. The van der Waals surface area contributed by atoms with E-state index in [9.17, 15) is 4.79 Å². The molecule has 1 aromatic heterocycles. The van der Waals surface area contributed by atoms with Crippen LogP contribution in [0.1, 0.15) is 11.6 Å². The Morgan fingerprint density at radius 1 is 1.24 bits per heavy atom. The average Bonchev–Trinajstić information content (AvgIpc) is 2.68. The minimum atomic E-state index is -0.402. The summed E-state index contributed by atoms with van der Waals surface area (Å²) in [5.41, 5.74) is 7.44. The van der Waals surface area contributed by atoms with E-state index in [1.807, 2.05) is 30.3 Å². The van der Waals surface area contributed by atoms with E-state index in [-0.39, 0.29) is 11.9 Å². The van der Waals surface area contributed by atoms with Crippen LogP contribution in [-0.4, -0.2) is 16.9 Å². The van der Waals surface area contributed by atoms with Gasteiger partial charge in [0.2, 0.25) is 0 Å². The number of rotatable bonds is 1. The zero-order valence-corrected chi connectivity index (χ0v) is 8.92. The Kier molecular flexibility index (Phi) is 2.04. The molecule has 2 amide bonds. The van der Waals surface area contributed by atoms with Crippen LogP contribution in [0.2, 0.25) is 0 Å². The summed E-state index contributed by atoms with van der Waals surface area (Å²) < 4.78 is 0. The predicted octanol–water partition coefficient (Wildman–Crippen LogP) is 1.36. The highest BCUT2D eigenvalue weighted by atomic mass is 16.2. The quantitative estimate of drug-likeness (QED) is 0.770. The Hall–Kier alpha value is -2.43. The summed E-state index contributed by atoms with van der Waals surface area (Å²) in [4.78, 5) is 19.2. The number of nitrogens with one attached hydrogen (secondary N) is 1. The largest absolute Gasteiger partial charge is 0.385 e. The Bertz CT molecular complexity index is 630. The Morgan fingerprint density at radius 3 is 2.82 bits per heavy atom. The zero-order chi connectivity index (χ0) is 11.8. The third kappa shape index (κ3) is 1.52. The zero-order valence-electron chi connectivity index (χ0n) is 8.92. The molecule has 0 radical (unpaired) electrons. The van der Waals surface area contributed by atoms with Crippen LogP contribution >= 0.6 is 0 Å². The number of fused-ring (bicyclic) bond motifs is 1. The lowest BCUT2D eigenvalue weighted by Gasteiger charge is -2.12. The Balaban J connectivity index is 2.18. The number of urea groups is 1. The normalized spacial score (nSPS) is 19.2. The van der Waals surface area contributed by atoms with Crippen molar-refractivity contribution < 1.29 is 4.79 Å². The first-order chi connectivity index (χ1) is 8.25.